The monoisotopic (exact) mass is 590 g/mol. The van der Waals surface area contributed by atoms with Crippen molar-refractivity contribution in [3.63, 3.8) is 0 Å². The van der Waals surface area contributed by atoms with E-state index in [1.54, 1.807) is 24.3 Å². The van der Waals surface area contributed by atoms with Crippen molar-refractivity contribution in [2.75, 3.05) is 0 Å². The van der Waals surface area contributed by atoms with Crippen LogP contribution in [-0.4, -0.2) is 13.0 Å². The number of benzene rings is 3. The van der Waals surface area contributed by atoms with Crippen LogP contribution < -0.4 is 10.7 Å². The van der Waals surface area contributed by atoms with Crippen LogP contribution in [-0.2, 0) is 10.1 Å². The topological polar surface area (TPSA) is 91.9 Å². The lowest BCUT2D eigenvalue weighted by Crippen LogP contribution is -2.16. The number of aryl methyl sites for hydroxylation is 2. The predicted molar refractivity (Wildman–Crippen MR) is 172 cm³/mol. The Hall–Kier alpha value is -4.64. The van der Waals surface area contributed by atoms with Gasteiger partial charge in [-0.15, -0.1) is 6.42 Å². The van der Waals surface area contributed by atoms with Crippen molar-refractivity contribution in [3.8, 4) is 34.8 Å². The molecule has 0 bridgehead atoms. The molecule has 218 valence electrons. The van der Waals surface area contributed by atoms with Gasteiger partial charge in [0.25, 0.3) is 10.1 Å². The van der Waals surface area contributed by atoms with E-state index in [2.05, 4.69) is 31.2 Å². The van der Waals surface area contributed by atoms with Gasteiger partial charge in [0.1, 0.15) is 16.4 Å². The Morgan fingerprint density at radius 3 is 2.40 bits per heavy atom. The molecule has 43 heavy (non-hydrogen) atoms. The number of allylic oxidation sites excluding steroid dienone is 4. The van der Waals surface area contributed by atoms with Gasteiger partial charge in [-0.25, -0.2) is 4.99 Å². The Bertz CT molecular complexity index is 2020. The summed E-state index contributed by atoms with van der Waals surface area (Å²) in [6, 6.07) is 18.0. The van der Waals surface area contributed by atoms with Crippen LogP contribution in [0, 0.1) is 33.1 Å². The molecule has 3 aliphatic rings. The lowest BCUT2D eigenvalue weighted by Gasteiger charge is -2.21. The third-order valence-corrected chi connectivity index (χ3v) is 8.71. The highest BCUT2D eigenvalue weighted by Gasteiger charge is 2.24. The molecule has 2 aromatic carbocycles. The average molecular weight is 591 g/mol. The molecule has 1 aliphatic heterocycles. The number of rotatable bonds is 6. The summed E-state index contributed by atoms with van der Waals surface area (Å²) >= 11 is 0. The Morgan fingerprint density at radius 1 is 1.00 bits per heavy atom. The molecule has 0 spiro atoms. The van der Waals surface area contributed by atoms with Gasteiger partial charge in [-0.2, -0.15) is 8.42 Å². The first-order valence-electron chi connectivity index (χ1n) is 14.1. The molecular formula is C36H34N2O4S. The number of para-hydroxylation sites is 1. The number of fused-ring (bicyclic) bond motifs is 1. The average Bonchev–Trinajstić information content (AvgIpc) is 2.96. The second kappa shape index (κ2) is 11.9. The first kappa shape index (κ1) is 29.8. The number of hydrogen-bond donors (Lipinski definition) is 2. The molecule has 0 saturated carbocycles. The van der Waals surface area contributed by atoms with Crippen molar-refractivity contribution in [2.45, 2.75) is 52.4 Å². The van der Waals surface area contributed by atoms with Crippen LogP contribution in [0.25, 0.3) is 28.5 Å². The van der Waals surface area contributed by atoms with Crippen LogP contribution in [0.5, 0.6) is 0 Å². The Morgan fingerprint density at radius 2 is 1.72 bits per heavy atom. The van der Waals surface area contributed by atoms with E-state index in [0.29, 0.717) is 44.8 Å². The molecular weight excluding hydrogens is 556 g/mol. The number of hydrogen-bond acceptors (Lipinski definition) is 5. The first-order chi connectivity index (χ1) is 20.5. The first-order valence-corrected chi connectivity index (χ1v) is 15.5. The molecule has 7 heteroatoms. The molecule has 0 amide bonds. The lowest BCUT2D eigenvalue weighted by atomic mass is 9.92. The van der Waals surface area contributed by atoms with Gasteiger partial charge >= 0.3 is 0 Å². The van der Waals surface area contributed by atoms with E-state index in [0.717, 1.165) is 40.9 Å². The summed E-state index contributed by atoms with van der Waals surface area (Å²) in [5, 5.41) is 4.08. The Labute approximate surface area is 253 Å². The van der Waals surface area contributed by atoms with Crippen molar-refractivity contribution >= 4 is 21.9 Å². The highest BCUT2D eigenvalue weighted by Crippen LogP contribution is 2.41. The maximum Gasteiger partial charge on any atom is 0.295 e. The predicted octanol–water partition coefficient (Wildman–Crippen LogP) is 8.03. The van der Waals surface area contributed by atoms with Gasteiger partial charge in [0, 0.05) is 40.1 Å². The highest BCUT2D eigenvalue weighted by atomic mass is 32.2. The summed E-state index contributed by atoms with van der Waals surface area (Å²) < 4.78 is 41.5. The van der Waals surface area contributed by atoms with Crippen molar-refractivity contribution < 1.29 is 17.4 Å². The molecule has 2 N–H and O–H groups in total. The zero-order valence-electron chi connectivity index (χ0n) is 24.9. The molecule has 0 radical (unpaired) electrons. The number of terminal acetylenes is 1. The summed E-state index contributed by atoms with van der Waals surface area (Å²) in [6.45, 7) is 10.0. The van der Waals surface area contributed by atoms with Crippen LogP contribution in [0.2, 0.25) is 0 Å². The zero-order chi connectivity index (χ0) is 30.9. The molecule has 0 aromatic heterocycles. The quantitative estimate of drug-likeness (QED) is 0.175. The third kappa shape index (κ3) is 6.12. The van der Waals surface area contributed by atoms with E-state index in [-0.39, 0.29) is 4.90 Å². The summed E-state index contributed by atoms with van der Waals surface area (Å²) in [5.74, 6) is 3.68. The van der Waals surface area contributed by atoms with Crippen LogP contribution >= 0.6 is 0 Å². The van der Waals surface area contributed by atoms with Crippen LogP contribution in [0.4, 0.5) is 5.69 Å². The molecule has 0 atom stereocenters. The van der Waals surface area contributed by atoms with Gasteiger partial charge in [-0.05, 0) is 87.9 Å². The van der Waals surface area contributed by atoms with Gasteiger partial charge < -0.3 is 9.73 Å². The van der Waals surface area contributed by atoms with E-state index in [4.69, 9.17) is 15.8 Å². The van der Waals surface area contributed by atoms with Gasteiger partial charge in [0.2, 0.25) is 0 Å². The minimum atomic E-state index is -4.52. The maximum atomic E-state index is 12.4. The maximum absolute atomic E-state index is 12.4. The molecule has 2 aliphatic carbocycles. The molecule has 2 aromatic rings. The van der Waals surface area contributed by atoms with E-state index in [9.17, 15) is 13.0 Å². The second-order valence-electron chi connectivity index (χ2n) is 10.9. The SMILES string of the molecule is C#CC(=Cc1oc2cc(=Nc3c(C)cccc3C)ccc-2c(-c2ccccc2S(=O)(=O)O)c1C)NC1=C(C)CCC=C1C. The standard InChI is InChI=1S/C36H34N2O4S/c1-7-27(37-35-22(2)12-10-13-23(35)3)20-31-26(6)34(30-16-8-9-17-33(30)43(39,40)41)29-19-18-28(21-32(29)42-31)38-36-24(4)14-11-15-25(36)5/h1,8-9,11-12,14-21,37H,10,13H2,2-6H3,(H,39,40,41). The molecule has 0 unspecified atom stereocenters. The normalized spacial score (nSPS) is 14.6. The zero-order valence-corrected chi connectivity index (χ0v) is 25.8. The second-order valence-corrected chi connectivity index (χ2v) is 12.3. The highest BCUT2D eigenvalue weighted by molar-refractivity contribution is 7.86. The van der Waals surface area contributed by atoms with Crippen LogP contribution in [0.3, 0.4) is 0 Å². The number of nitrogens with one attached hydrogen (secondary N) is 1. The molecule has 0 saturated heterocycles. The Balaban J connectivity index is 1.79. The Kier molecular flexibility index (Phi) is 8.27. The summed E-state index contributed by atoms with van der Waals surface area (Å²) in [4.78, 5) is 4.71. The minimum Gasteiger partial charge on any atom is -0.456 e. The van der Waals surface area contributed by atoms with Gasteiger partial charge in [0.15, 0.2) is 0 Å². The van der Waals surface area contributed by atoms with Crippen LogP contribution in [0.1, 0.15) is 49.1 Å². The summed E-state index contributed by atoms with van der Waals surface area (Å²) in [5.41, 5.74) is 9.11. The van der Waals surface area contributed by atoms with Gasteiger partial charge in [0.05, 0.1) is 16.7 Å². The summed E-state index contributed by atoms with van der Waals surface area (Å²) in [6.07, 6.45) is 11.8. The minimum absolute atomic E-state index is 0.191. The fourth-order valence-corrected chi connectivity index (χ4v) is 6.24. The van der Waals surface area contributed by atoms with E-state index in [1.165, 1.54) is 11.6 Å². The fraction of sp³-hybridized carbons (Fsp3) is 0.194. The largest absolute Gasteiger partial charge is 0.456 e. The van der Waals surface area contributed by atoms with Gasteiger partial charge in [-0.1, -0.05) is 48.4 Å². The van der Waals surface area contributed by atoms with Crippen molar-refractivity contribution in [3.05, 3.63) is 117 Å². The fourth-order valence-electron chi connectivity index (χ4n) is 5.54. The molecule has 5 rings (SSSR count). The lowest BCUT2D eigenvalue weighted by molar-refractivity contribution is 0.483. The number of nitrogens with zero attached hydrogens (tertiary/aromatic N) is 1. The van der Waals surface area contributed by atoms with Crippen molar-refractivity contribution in [1.29, 1.82) is 0 Å². The van der Waals surface area contributed by atoms with Crippen molar-refractivity contribution in [2.24, 2.45) is 4.99 Å². The van der Waals surface area contributed by atoms with Crippen molar-refractivity contribution in [1.82, 2.24) is 5.32 Å². The third-order valence-electron chi connectivity index (χ3n) is 7.80. The van der Waals surface area contributed by atoms with Crippen LogP contribution in [0.15, 0.2) is 104 Å². The molecule has 6 nitrogen and oxygen atoms in total. The molecule has 1 heterocycles. The van der Waals surface area contributed by atoms with E-state index < -0.39 is 10.1 Å². The molecule has 0 fully saturated rings. The van der Waals surface area contributed by atoms with Gasteiger partial charge in [-0.3, -0.25) is 4.55 Å². The van der Waals surface area contributed by atoms with E-state index in [1.807, 2.05) is 57.2 Å². The smallest absolute Gasteiger partial charge is 0.295 e. The summed E-state index contributed by atoms with van der Waals surface area (Å²) in [7, 11) is -4.52. The van der Waals surface area contributed by atoms with E-state index >= 15 is 0 Å².